The lowest BCUT2D eigenvalue weighted by Crippen LogP contribution is -2.38. The molecule has 0 aromatic heterocycles. The Bertz CT molecular complexity index is 429. The van der Waals surface area contributed by atoms with Gasteiger partial charge in [0.2, 0.25) is 0 Å². The molecule has 0 radical (unpaired) electrons. The summed E-state index contributed by atoms with van der Waals surface area (Å²) in [5.41, 5.74) is 9.64. The van der Waals surface area contributed by atoms with Gasteiger partial charge in [-0.05, 0) is 36.1 Å². The second-order valence-corrected chi connectivity index (χ2v) is 6.68. The van der Waals surface area contributed by atoms with Crippen molar-refractivity contribution < 1.29 is 0 Å². The van der Waals surface area contributed by atoms with E-state index in [0.29, 0.717) is 6.04 Å². The summed E-state index contributed by atoms with van der Waals surface area (Å²) in [6, 6.07) is 6.90. The van der Waals surface area contributed by atoms with Gasteiger partial charge < -0.3 is 16.0 Å². The Balaban J connectivity index is 1.49. The van der Waals surface area contributed by atoms with Crippen LogP contribution in [0.4, 0.5) is 5.69 Å². The van der Waals surface area contributed by atoms with Crippen molar-refractivity contribution in [1.82, 2.24) is 10.2 Å². The number of nitrogens with two attached hydrogens (primary N) is 1. The lowest BCUT2D eigenvalue weighted by Gasteiger charge is -2.27. The summed E-state index contributed by atoms with van der Waals surface area (Å²) in [6.45, 7) is 4.79. The van der Waals surface area contributed by atoms with E-state index < -0.39 is 0 Å². The van der Waals surface area contributed by atoms with Gasteiger partial charge in [0.05, 0.1) is 0 Å². The minimum absolute atomic E-state index is 0.537. The number of benzene rings is 1. The average molecular weight is 277 g/mol. The molecule has 1 aliphatic carbocycles. The summed E-state index contributed by atoms with van der Waals surface area (Å²) in [5.74, 6) is 2.59. The van der Waals surface area contributed by atoms with Crippen LogP contribution in [-0.2, 0) is 6.42 Å². The minimum atomic E-state index is 0.537. The first-order chi connectivity index (χ1) is 9.33. The van der Waals surface area contributed by atoms with Gasteiger partial charge in [-0.25, -0.2) is 0 Å². The molecule has 2 aliphatic rings. The highest BCUT2D eigenvalue weighted by molar-refractivity contribution is 7.99. The number of hydrogen-bond acceptors (Lipinski definition) is 4. The molecular formula is C15H23N3S. The van der Waals surface area contributed by atoms with Gasteiger partial charge in [0.1, 0.15) is 0 Å². The number of thioether (sulfide) groups is 1. The van der Waals surface area contributed by atoms with Crippen LogP contribution in [0, 0.1) is 0 Å². The summed E-state index contributed by atoms with van der Waals surface area (Å²) in [6.07, 6.45) is 2.38. The Morgan fingerprint density at radius 1 is 1.32 bits per heavy atom. The van der Waals surface area contributed by atoms with Gasteiger partial charge in [-0.3, -0.25) is 0 Å². The normalized spacial score (nSPS) is 23.5. The lowest BCUT2D eigenvalue weighted by atomic mass is 10.1. The molecule has 19 heavy (non-hydrogen) atoms. The summed E-state index contributed by atoms with van der Waals surface area (Å²) in [4.78, 5) is 2.57. The molecule has 0 spiro atoms. The van der Waals surface area contributed by atoms with E-state index in [1.165, 1.54) is 55.1 Å². The quantitative estimate of drug-likeness (QED) is 0.825. The molecule has 1 saturated heterocycles. The molecule has 3 rings (SSSR count). The molecule has 1 aromatic carbocycles. The third-order valence-electron chi connectivity index (χ3n) is 4.17. The van der Waals surface area contributed by atoms with E-state index in [9.17, 15) is 0 Å². The van der Waals surface area contributed by atoms with Gasteiger partial charge in [0.25, 0.3) is 0 Å². The fraction of sp³-hybridized carbons (Fsp3) is 0.600. The molecule has 1 unspecified atom stereocenters. The van der Waals surface area contributed by atoms with E-state index in [1.54, 1.807) is 0 Å². The molecule has 1 aromatic rings. The van der Waals surface area contributed by atoms with E-state index >= 15 is 0 Å². The van der Waals surface area contributed by atoms with Crippen LogP contribution < -0.4 is 11.1 Å². The predicted octanol–water partition coefficient (Wildman–Crippen LogP) is 1.89. The number of nitrogens with zero attached hydrogens (tertiary/aromatic N) is 1. The second-order valence-electron chi connectivity index (χ2n) is 5.46. The maximum Gasteiger partial charge on any atom is 0.0326 e. The van der Waals surface area contributed by atoms with Crippen molar-refractivity contribution in [2.45, 2.75) is 18.9 Å². The fourth-order valence-electron chi connectivity index (χ4n) is 3.07. The summed E-state index contributed by atoms with van der Waals surface area (Å²) >= 11 is 2.08. The third kappa shape index (κ3) is 3.25. The zero-order valence-corrected chi connectivity index (χ0v) is 12.2. The molecular weight excluding hydrogens is 254 g/mol. The zero-order chi connectivity index (χ0) is 13.1. The molecule has 1 heterocycles. The number of fused-ring (bicyclic) bond motifs is 1. The van der Waals surface area contributed by atoms with Crippen LogP contribution >= 0.6 is 11.8 Å². The SMILES string of the molecule is Nc1ccc2c(c1)CCC2NCCN1CCSCC1. The van der Waals surface area contributed by atoms with Gasteiger partial charge in [0.15, 0.2) is 0 Å². The molecule has 1 aliphatic heterocycles. The van der Waals surface area contributed by atoms with E-state index in [1.807, 2.05) is 6.07 Å². The van der Waals surface area contributed by atoms with E-state index in [-0.39, 0.29) is 0 Å². The van der Waals surface area contributed by atoms with Crippen molar-refractivity contribution in [1.29, 1.82) is 0 Å². The molecule has 0 bridgehead atoms. The molecule has 0 saturated carbocycles. The second kappa shape index (κ2) is 6.16. The minimum Gasteiger partial charge on any atom is -0.399 e. The molecule has 0 amide bonds. The predicted molar refractivity (Wildman–Crippen MR) is 83.7 cm³/mol. The first-order valence-corrected chi connectivity index (χ1v) is 8.40. The summed E-state index contributed by atoms with van der Waals surface area (Å²) < 4.78 is 0. The smallest absolute Gasteiger partial charge is 0.0326 e. The average Bonchev–Trinajstić information content (AvgIpc) is 2.82. The van der Waals surface area contributed by atoms with Gasteiger partial charge in [-0.1, -0.05) is 6.07 Å². The highest BCUT2D eigenvalue weighted by atomic mass is 32.2. The number of nitrogens with one attached hydrogen (secondary N) is 1. The number of hydrogen-bond donors (Lipinski definition) is 2. The fourth-order valence-corrected chi connectivity index (χ4v) is 4.05. The van der Waals surface area contributed by atoms with Crippen LogP contribution in [0.5, 0.6) is 0 Å². The number of rotatable bonds is 4. The van der Waals surface area contributed by atoms with Crippen molar-refractivity contribution in [2.24, 2.45) is 0 Å². The Hall–Kier alpha value is -0.710. The number of anilines is 1. The molecule has 1 atom stereocenters. The van der Waals surface area contributed by atoms with Crippen LogP contribution in [-0.4, -0.2) is 42.6 Å². The first kappa shape index (κ1) is 13.3. The van der Waals surface area contributed by atoms with Crippen molar-refractivity contribution >= 4 is 17.4 Å². The summed E-state index contributed by atoms with van der Waals surface area (Å²) in [7, 11) is 0. The van der Waals surface area contributed by atoms with Crippen LogP contribution in [0.3, 0.4) is 0 Å². The van der Waals surface area contributed by atoms with Crippen LogP contribution in [0.2, 0.25) is 0 Å². The number of aryl methyl sites for hydroxylation is 1. The van der Waals surface area contributed by atoms with Crippen molar-refractivity contribution in [3.8, 4) is 0 Å². The van der Waals surface area contributed by atoms with Crippen molar-refractivity contribution in [3.63, 3.8) is 0 Å². The first-order valence-electron chi connectivity index (χ1n) is 7.25. The topological polar surface area (TPSA) is 41.3 Å². The number of nitrogen functional groups attached to an aromatic ring is 1. The Labute approximate surface area is 119 Å². The maximum atomic E-state index is 5.84. The van der Waals surface area contributed by atoms with Gasteiger partial charge in [-0.15, -0.1) is 0 Å². The van der Waals surface area contributed by atoms with Crippen LogP contribution in [0.25, 0.3) is 0 Å². The van der Waals surface area contributed by atoms with Crippen LogP contribution in [0.15, 0.2) is 18.2 Å². The Morgan fingerprint density at radius 2 is 2.16 bits per heavy atom. The molecule has 3 nitrogen and oxygen atoms in total. The zero-order valence-electron chi connectivity index (χ0n) is 11.4. The lowest BCUT2D eigenvalue weighted by molar-refractivity contribution is 0.295. The van der Waals surface area contributed by atoms with E-state index in [2.05, 4.69) is 34.1 Å². The largest absolute Gasteiger partial charge is 0.399 e. The maximum absolute atomic E-state index is 5.84. The van der Waals surface area contributed by atoms with Gasteiger partial charge >= 0.3 is 0 Å². The molecule has 3 N–H and O–H groups in total. The van der Waals surface area contributed by atoms with E-state index in [4.69, 9.17) is 5.73 Å². The molecule has 4 heteroatoms. The standard InChI is InChI=1S/C15H23N3S/c16-13-2-3-14-12(11-13)1-4-15(14)17-5-6-18-7-9-19-10-8-18/h2-3,11,15,17H,1,4-10,16H2. The third-order valence-corrected chi connectivity index (χ3v) is 5.11. The molecule has 104 valence electrons. The van der Waals surface area contributed by atoms with Crippen LogP contribution in [0.1, 0.15) is 23.6 Å². The Morgan fingerprint density at radius 3 is 3.00 bits per heavy atom. The van der Waals surface area contributed by atoms with Gasteiger partial charge in [0, 0.05) is 49.4 Å². The Kier molecular flexibility index (Phi) is 4.31. The van der Waals surface area contributed by atoms with E-state index in [0.717, 1.165) is 12.2 Å². The van der Waals surface area contributed by atoms with Gasteiger partial charge in [-0.2, -0.15) is 11.8 Å². The highest BCUT2D eigenvalue weighted by Gasteiger charge is 2.22. The van der Waals surface area contributed by atoms with Crippen molar-refractivity contribution in [2.75, 3.05) is 43.4 Å². The van der Waals surface area contributed by atoms with Crippen molar-refractivity contribution in [3.05, 3.63) is 29.3 Å². The monoisotopic (exact) mass is 277 g/mol. The molecule has 1 fully saturated rings. The summed E-state index contributed by atoms with van der Waals surface area (Å²) in [5, 5.41) is 3.72. The highest BCUT2D eigenvalue weighted by Crippen LogP contribution is 2.32.